The highest BCUT2D eigenvalue weighted by molar-refractivity contribution is 5.72. The third-order valence-corrected chi connectivity index (χ3v) is 5.82. The van der Waals surface area contributed by atoms with Gasteiger partial charge in [0.1, 0.15) is 18.5 Å². The maximum atomic E-state index is 14.9. The largest absolute Gasteiger partial charge is 0.489 e. The summed E-state index contributed by atoms with van der Waals surface area (Å²) >= 11 is 0. The molecule has 0 aliphatic heterocycles. The summed E-state index contributed by atoms with van der Waals surface area (Å²) in [7, 11) is 0. The first kappa shape index (κ1) is 24.5. The average molecular weight is 481 g/mol. The summed E-state index contributed by atoms with van der Waals surface area (Å²) in [6.45, 7) is 5.52. The van der Waals surface area contributed by atoms with Crippen molar-refractivity contribution >= 4 is 6.08 Å². The fourth-order valence-electron chi connectivity index (χ4n) is 3.89. The first-order chi connectivity index (χ1) is 16.9. The Balaban J connectivity index is 1.47. The molecule has 3 aromatic carbocycles. The van der Waals surface area contributed by atoms with E-state index < -0.39 is 29.4 Å². The Labute approximate surface area is 201 Å². The van der Waals surface area contributed by atoms with E-state index in [9.17, 15) is 17.6 Å². The molecule has 0 radical (unpaired) electrons. The lowest BCUT2D eigenvalue weighted by molar-refractivity contribution is 0.0695. The van der Waals surface area contributed by atoms with Crippen molar-refractivity contribution in [3.8, 4) is 28.0 Å². The second kappa shape index (κ2) is 10.7. The summed E-state index contributed by atoms with van der Waals surface area (Å²) < 4.78 is 68.9. The van der Waals surface area contributed by atoms with Crippen LogP contribution in [0.5, 0.6) is 5.75 Å². The number of halogens is 4. The lowest BCUT2D eigenvalue weighted by atomic mass is 9.98. The summed E-state index contributed by atoms with van der Waals surface area (Å²) in [5.41, 5.74) is 2.27. The Hall–Kier alpha value is -3.64. The van der Waals surface area contributed by atoms with Crippen LogP contribution >= 0.6 is 0 Å². The molecule has 6 heteroatoms. The lowest BCUT2D eigenvalue weighted by Gasteiger charge is -2.20. The van der Waals surface area contributed by atoms with Gasteiger partial charge in [0, 0.05) is 23.3 Å². The summed E-state index contributed by atoms with van der Waals surface area (Å²) in [6, 6.07) is 16.3. The molecular formula is C29H24F4O2. The van der Waals surface area contributed by atoms with Crippen LogP contribution in [0.15, 0.2) is 90.5 Å². The minimum Gasteiger partial charge on any atom is -0.489 e. The number of hydrogen-bond acceptors (Lipinski definition) is 2. The van der Waals surface area contributed by atoms with E-state index in [1.54, 1.807) is 67.6 Å². The molecule has 0 aromatic heterocycles. The number of rotatable bonds is 8. The first-order valence-corrected chi connectivity index (χ1v) is 11.2. The van der Waals surface area contributed by atoms with E-state index in [4.69, 9.17) is 9.47 Å². The van der Waals surface area contributed by atoms with Gasteiger partial charge in [-0.3, -0.25) is 0 Å². The van der Waals surface area contributed by atoms with Gasteiger partial charge < -0.3 is 9.47 Å². The van der Waals surface area contributed by atoms with Crippen molar-refractivity contribution in [3.63, 3.8) is 0 Å². The molecule has 3 aromatic rings. The van der Waals surface area contributed by atoms with Crippen LogP contribution in [0.25, 0.3) is 28.3 Å². The highest BCUT2D eigenvalue weighted by Crippen LogP contribution is 2.33. The van der Waals surface area contributed by atoms with E-state index >= 15 is 0 Å². The summed E-state index contributed by atoms with van der Waals surface area (Å²) in [5, 5.41) is 0. The van der Waals surface area contributed by atoms with Crippen LogP contribution in [-0.2, 0) is 4.74 Å². The maximum absolute atomic E-state index is 14.9. The Bertz CT molecular complexity index is 1280. The van der Waals surface area contributed by atoms with Crippen molar-refractivity contribution in [1.82, 2.24) is 0 Å². The summed E-state index contributed by atoms with van der Waals surface area (Å²) in [4.78, 5) is 0. The van der Waals surface area contributed by atoms with Gasteiger partial charge in [-0.2, -0.15) is 0 Å². The van der Waals surface area contributed by atoms with Gasteiger partial charge in [0.25, 0.3) is 0 Å². The van der Waals surface area contributed by atoms with Crippen molar-refractivity contribution in [1.29, 1.82) is 0 Å². The van der Waals surface area contributed by atoms with Crippen LogP contribution in [0.4, 0.5) is 17.6 Å². The highest BCUT2D eigenvalue weighted by atomic mass is 19.2. The Morgan fingerprint density at radius 3 is 1.97 bits per heavy atom. The smallest absolute Gasteiger partial charge is 0.167 e. The number of benzene rings is 3. The van der Waals surface area contributed by atoms with E-state index in [-0.39, 0.29) is 36.3 Å². The standard InChI is InChI=1S/C29H24F4O2/c1-3-18-5-7-19(8-6-18)23-14-15-24(28(32)27(23)31)20-9-12-22(13-10-20)35-17-21-11-16-25(34-4-2)29(33)26(21)30/h3,5-15,25H,1,4,16-17H2,2H3. The molecule has 2 nitrogen and oxygen atoms in total. The Morgan fingerprint density at radius 2 is 1.43 bits per heavy atom. The minimum atomic E-state index is -0.969. The molecule has 35 heavy (non-hydrogen) atoms. The quantitative estimate of drug-likeness (QED) is 0.303. The third kappa shape index (κ3) is 5.23. The maximum Gasteiger partial charge on any atom is 0.167 e. The summed E-state index contributed by atoms with van der Waals surface area (Å²) in [6.07, 6.45) is 2.55. The van der Waals surface area contributed by atoms with Gasteiger partial charge in [0.15, 0.2) is 23.3 Å². The van der Waals surface area contributed by atoms with Crippen LogP contribution in [0, 0.1) is 11.6 Å². The number of ether oxygens (including phenoxy) is 2. The zero-order valence-corrected chi connectivity index (χ0v) is 19.2. The van der Waals surface area contributed by atoms with Crippen molar-refractivity contribution < 1.29 is 27.0 Å². The molecule has 0 fully saturated rings. The average Bonchev–Trinajstić information content (AvgIpc) is 2.88. The molecule has 0 heterocycles. The first-order valence-electron chi connectivity index (χ1n) is 11.2. The van der Waals surface area contributed by atoms with E-state index in [0.717, 1.165) is 5.56 Å². The molecule has 0 bridgehead atoms. The fraction of sp³-hybridized carbons (Fsp3) is 0.172. The zero-order chi connectivity index (χ0) is 24.9. The van der Waals surface area contributed by atoms with Gasteiger partial charge in [-0.15, -0.1) is 0 Å². The molecule has 1 atom stereocenters. The van der Waals surface area contributed by atoms with E-state index in [2.05, 4.69) is 6.58 Å². The molecule has 0 spiro atoms. The molecule has 1 aliphatic carbocycles. The number of hydrogen-bond donors (Lipinski definition) is 0. The van der Waals surface area contributed by atoms with Gasteiger partial charge in [-0.1, -0.05) is 67.3 Å². The molecule has 0 N–H and O–H groups in total. The highest BCUT2D eigenvalue weighted by Gasteiger charge is 2.26. The third-order valence-electron chi connectivity index (χ3n) is 5.82. The van der Waals surface area contributed by atoms with Gasteiger partial charge in [0.05, 0.1) is 0 Å². The summed E-state index contributed by atoms with van der Waals surface area (Å²) in [5.74, 6) is -3.41. The van der Waals surface area contributed by atoms with Crippen LogP contribution < -0.4 is 4.74 Å². The molecule has 0 amide bonds. The molecule has 1 unspecified atom stereocenters. The van der Waals surface area contributed by atoms with Crippen molar-refractivity contribution in [2.24, 2.45) is 0 Å². The van der Waals surface area contributed by atoms with Crippen molar-refractivity contribution in [3.05, 3.63) is 108 Å². The van der Waals surface area contributed by atoms with Gasteiger partial charge in [-0.05, 0) is 42.2 Å². The normalized spacial score (nSPS) is 15.7. The fourth-order valence-corrected chi connectivity index (χ4v) is 3.89. The van der Waals surface area contributed by atoms with Crippen molar-refractivity contribution in [2.45, 2.75) is 19.4 Å². The lowest BCUT2D eigenvalue weighted by Crippen LogP contribution is -2.19. The predicted molar refractivity (Wildman–Crippen MR) is 130 cm³/mol. The molecule has 1 aliphatic rings. The van der Waals surface area contributed by atoms with Crippen LogP contribution in [-0.4, -0.2) is 19.3 Å². The SMILES string of the molecule is C=Cc1ccc(-c2ccc(-c3ccc(OCC4=CCC(OCC)C(F)=C4F)cc3)c(F)c2F)cc1. The van der Waals surface area contributed by atoms with Gasteiger partial charge in [0.2, 0.25) is 0 Å². The minimum absolute atomic E-state index is 0.104. The second-order valence-electron chi connectivity index (χ2n) is 8.00. The molecule has 0 saturated heterocycles. The zero-order valence-electron chi connectivity index (χ0n) is 19.2. The topological polar surface area (TPSA) is 18.5 Å². The molecule has 180 valence electrons. The Morgan fingerprint density at radius 1 is 0.857 bits per heavy atom. The van der Waals surface area contributed by atoms with Crippen LogP contribution in [0.2, 0.25) is 0 Å². The predicted octanol–water partition coefficient (Wildman–Crippen LogP) is 8.21. The van der Waals surface area contributed by atoms with Crippen LogP contribution in [0.3, 0.4) is 0 Å². The monoisotopic (exact) mass is 480 g/mol. The van der Waals surface area contributed by atoms with E-state index in [1.165, 1.54) is 12.1 Å². The van der Waals surface area contributed by atoms with E-state index in [0.29, 0.717) is 16.9 Å². The van der Waals surface area contributed by atoms with Gasteiger partial charge >= 0.3 is 0 Å². The second-order valence-corrected chi connectivity index (χ2v) is 8.00. The van der Waals surface area contributed by atoms with Crippen molar-refractivity contribution in [2.75, 3.05) is 13.2 Å². The molecule has 0 saturated carbocycles. The van der Waals surface area contributed by atoms with Crippen LogP contribution in [0.1, 0.15) is 18.9 Å². The molecular weight excluding hydrogens is 456 g/mol. The molecule has 4 rings (SSSR count). The Kier molecular flexibility index (Phi) is 7.51. The van der Waals surface area contributed by atoms with E-state index in [1.807, 2.05) is 0 Å². The van der Waals surface area contributed by atoms with Gasteiger partial charge in [-0.25, -0.2) is 17.6 Å².